The zero-order chi connectivity index (χ0) is 9.31. The fourth-order valence-corrected chi connectivity index (χ4v) is 3.27. The standard InChI is InChI=1S/C11H17NS/c1-9-5-2-3-7-11(9,12)10-6-4-8-13-10/h4,6,8-9H,2-3,5,7,12H2,1H3. The lowest BCUT2D eigenvalue weighted by molar-refractivity contribution is 0.211. The summed E-state index contributed by atoms with van der Waals surface area (Å²) in [7, 11) is 0. The molecule has 1 aromatic rings. The van der Waals surface area contributed by atoms with Crippen LogP contribution in [0.4, 0.5) is 0 Å². The van der Waals surface area contributed by atoms with Gasteiger partial charge < -0.3 is 5.73 Å². The average molecular weight is 195 g/mol. The summed E-state index contributed by atoms with van der Waals surface area (Å²) in [6, 6.07) is 4.29. The van der Waals surface area contributed by atoms with E-state index in [0.29, 0.717) is 5.92 Å². The maximum atomic E-state index is 6.48. The Bertz CT molecular complexity index is 268. The van der Waals surface area contributed by atoms with Crippen LogP contribution in [0, 0.1) is 5.92 Å². The van der Waals surface area contributed by atoms with Crippen LogP contribution in [0.15, 0.2) is 17.5 Å². The van der Waals surface area contributed by atoms with E-state index in [9.17, 15) is 0 Å². The van der Waals surface area contributed by atoms with Crippen LogP contribution in [-0.2, 0) is 5.54 Å². The first-order chi connectivity index (χ1) is 6.23. The zero-order valence-electron chi connectivity index (χ0n) is 8.12. The van der Waals surface area contributed by atoms with E-state index in [1.165, 1.54) is 24.1 Å². The van der Waals surface area contributed by atoms with Crippen LogP contribution in [0.5, 0.6) is 0 Å². The molecular formula is C11H17NS. The Morgan fingerprint density at radius 3 is 3.00 bits per heavy atom. The van der Waals surface area contributed by atoms with Gasteiger partial charge in [-0.15, -0.1) is 11.3 Å². The Kier molecular flexibility index (Phi) is 2.43. The normalized spacial score (nSPS) is 34.8. The first-order valence-corrected chi connectivity index (χ1v) is 5.94. The molecule has 0 spiro atoms. The van der Waals surface area contributed by atoms with Crippen LogP contribution < -0.4 is 5.73 Å². The van der Waals surface area contributed by atoms with E-state index in [0.717, 1.165) is 6.42 Å². The zero-order valence-corrected chi connectivity index (χ0v) is 8.94. The fraction of sp³-hybridized carbons (Fsp3) is 0.636. The van der Waals surface area contributed by atoms with Gasteiger partial charge in [0.25, 0.3) is 0 Å². The molecular weight excluding hydrogens is 178 g/mol. The fourth-order valence-electron chi connectivity index (χ4n) is 2.28. The van der Waals surface area contributed by atoms with Crippen LogP contribution in [0.1, 0.15) is 37.5 Å². The van der Waals surface area contributed by atoms with E-state index in [1.807, 2.05) is 11.3 Å². The number of thiophene rings is 1. The van der Waals surface area contributed by atoms with Crippen LogP contribution in [0.25, 0.3) is 0 Å². The van der Waals surface area contributed by atoms with Gasteiger partial charge in [-0.2, -0.15) is 0 Å². The Balaban J connectivity index is 2.27. The lowest BCUT2D eigenvalue weighted by Crippen LogP contribution is -2.44. The molecule has 0 aliphatic heterocycles. The van der Waals surface area contributed by atoms with Crippen molar-refractivity contribution in [2.24, 2.45) is 11.7 Å². The second kappa shape index (κ2) is 3.43. The van der Waals surface area contributed by atoms with Crippen LogP contribution in [0.2, 0.25) is 0 Å². The van der Waals surface area contributed by atoms with E-state index in [-0.39, 0.29) is 5.54 Å². The molecule has 2 N–H and O–H groups in total. The van der Waals surface area contributed by atoms with Gasteiger partial charge in [0.1, 0.15) is 0 Å². The highest BCUT2D eigenvalue weighted by molar-refractivity contribution is 7.10. The number of nitrogens with two attached hydrogens (primary N) is 1. The molecule has 1 heterocycles. The Morgan fingerprint density at radius 2 is 2.38 bits per heavy atom. The van der Waals surface area contributed by atoms with Gasteiger partial charge in [-0.25, -0.2) is 0 Å². The van der Waals surface area contributed by atoms with E-state index in [1.54, 1.807) is 0 Å². The molecule has 2 unspecified atom stereocenters. The van der Waals surface area contributed by atoms with Gasteiger partial charge >= 0.3 is 0 Å². The maximum Gasteiger partial charge on any atom is 0.0529 e. The summed E-state index contributed by atoms with van der Waals surface area (Å²) in [5.41, 5.74) is 6.46. The van der Waals surface area contributed by atoms with Crippen molar-refractivity contribution in [3.8, 4) is 0 Å². The minimum absolute atomic E-state index is 0.0214. The summed E-state index contributed by atoms with van der Waals surface area (Å²) >= 11 is 1.81. The Labute approximate surface area is 84.0 Å². The van der Waals surface area contributed by atoms with E-state index in [4.69, 9.17) is 5.73 Å². The third-order valence-electron chi connectivity index (χ3n) is 3.34. The molecule has 1 fully saturated rings. The van der Waals surface area contributed by atoms with Crippen molar-refractivity contribution >= 4 is 11.3 Å². The number of hydrogen-bond acceptors (Lipinski definition) is 2. The molecule has 0 saturated heterocycles. The second-order valence-electron chi connectivity index (χ2n) is 4.16. The summed E-state index contributed by atoms with van der Waals surface area (Å²) in [5.74, 6) is 0.639. The Morgan fingerprint density at radius 1 is 1.54 bits per heavy atom. The summed E-state index contributed by atoms with van der Waals surface area (Å²) in [4.78, 5) is 1.37. The predicted octanol–water partition coefficient (Wildman–Crippen LogP) is 3.11. The van der Waals surface area contributed by atoms with Crippen molar-refractivity contribution in [3.63, 3.8) is 0 Å². The summed E-state index contributed by atoms with van der Waals surface area (Å²) in [5, 5.41) is 2.13. The van der Waals surface area contributed by atoms with Gasteiger partial charge in [0, 0.05) is 4.88 Å². The SMILES string of the molecule is CC1CCCCC1(N)c1cccs1. The summed E-state index contributed by atoms with van der Waals surface area (Å²) < 4.78 is 0. The first kappa shape index (κ1) is 9.22. The highest BCUT2D eigenvalue weighted by Crippen LogP contribution is 2.40. The molecule has 13 heavy (non-hydrogen) atoms. The van der Waals surface area contributed by atoms with Crippen LogP contribution in [0.3, 0.4) is 0 Å². The molecule has 2 rings (SSSR count). The molecule has 1 aliphatic rings. The van der Waals surface area contributed by atoms with Crippen molar-refractivity contribution in [1.82, 2.24) is 0 Å². The van der Waals surface area contributed by atoms with E-state index >= 15 is 0 Å². The van der Waals surface area contributed by atoms with Gasteiger partial charge in [0.2, 0.25) is 0 Å². The lowest BCUT2D eigenvalue weighted by Gasteiger charge is -2.38. The van der Waals surface area contributed by atoms with Gasteiger partial charge in [-0.1, -0.05) is 25.8 Å². The molecule has 1 aromatic heterocycles. The van der Waals surface area contributed by atoms with Crippen molar-refractivity contribution < 1.29 is 0 Å². The molecule has 1 aliphatic carbocycles. The highest BCUT2D eigenvalue weighted by atomic mass is 32.1. The van der Waals surface area contributed by atoms with Gasteiger partial charge in [-0.3, -0.25) is 0 Å². The average Bonchev–Trinajstić information content (AvgIpc) is 2.63. The van der Waals surface area contributed by atoms with Crippen LogP contribution in [-0.4, -0.2) is 0 Å². The van der Waals surface area contributed by atoms with Crippen molar-refractivity contribution in [1.29, 1.82) is 0 Å². The van der Waals surface area contributed by atoms with E-state index < -0.39 is 0 Å². The van der Waals surface area contributed by atoms with Gasteiger partial charge in [0.05, 0.1) is 5.54 Å². The van der Waals surface area contributed by atoms with Crippen LogP contribution >= 0.6 is 11.3 Å². The molecule has 0 bridgehead atoms. The quantitative estimate of drug-likeness (QED) is 0.732. The summed E-state index contributed by atoms with van der Waals surface area (Å²) in [6.45, 7) is 2.29. The highest BCUT2D eigenvalue weighted by Gasteiger charge is 2.36. The second-order valence-corrected chi connectivity index (χ2v) is 5.11. The smallest absolute Gasteiger partial charge is 0.0529 e. The van der Waals surface area contributed by atoms with Crippen molar-refractivity contribution in [3.05, 3.63) is 22.4 Å². The van der Waals surface area contributed by atoms with Gasteiger partial charge in [0.15, 0.2) is 0 Å². The monoisotopic (exact) mass is 195 g/mol. The van der Waals surface area contributed by atoms with E-state index in [2.05, 4.69) is 24.4 Å². The molecule has 0 radical (unpaired) electrons. The molecule has 2 heteroatoms. The molecule has 72 valence electrons. The Hall–Kier alpha value is -0.340. The minimum atomic E-state index is -0.0214. The molecule has 0 amide bonds. The van der Waals surface area contributed by atoms with Crippen molar-refractivity contribution in [2.75, 3.05) is 0 Å². The third kappa shape index (κ3) is 1.53. The number of hydrogen-bond donors (Lipinski definition) is 1. The first-order valence-electron chi connectivity index (χ1n) is 5.06. The molecule has 1 nitrogen and oxygen atoms in total. The largest absolute Gasteiger partial charge is 0.321 e. The number of rotatable bonds is 1. The van der Waals surface area contributed by atoms with Crippen molar-refractivity contribution in [2.45, 2.75) is 38.1 Å². The minimum Gasteiger partial charge on any atom is -0.321 e. The lowest BCUT2D eigenvalue weighted by atomic mass is 9.73. The molecule has 2 atom stereocenters. The topological polar surface area (TPSA) is 26.0 Å². The van der Waals surface area contributed by atoms with Gasteiger partial charge in [-0.05, 0) is 30.2 Å². The molecule has 0 aromatic carbocycles. The predicted molar refractivity (Wildman–Crippen MR) is 57.8 cm³/mol. The third-order valence-corrected chi connectivity index (χ3v) is 4.40. The summed E-state index contributed by atoms with van der Waals surface area (Å²) in [6.07, 6.45) is 5.09. The maximum absolute atomic E-state index is 6.48. The molecule has 1 saturated carbocycles.